The van der Waals surface area contributed by atoms with E-state index in [9.17, 15) is 8.78 Å². The van der Waals surface area contributed by atoms with Crippen LogP contribution >= 0.6 is 0 Å². The number of hydrogen-bond acceptors (Lipinski definition) is 5. The van der Waals surface area contributed by atoms with Gasteiger partial charge in [0.1, 0.15) is 18.0 Å². The first-order chi connectivity index (χ1) is 6.65. The van der Waals surface area contributed by atoms with Crippen molar-refractivity contribution >= 4 is 11.6 Å². The van der Waals surface area contributed by atoms with Gasteiger partial charge in [-0.1, -0.05) is 0 Å². The molecule has 0 spiro atoms. The van der Waals surface area contributed by atoms with Gasteiger partial charge in [0.15, 0.2) is 0 Å². The highest BCUT2D eigenvalue weighted by Gasteiger charge is 2.07. The molecule has 0 radical (unpaired) electrons. The summed E-state index contributed by atoms with van der Waals surface area (Å²) in [5, 5.41) is 2.49. The molecule has 0 bridgehead atoms. The summed E-state index contributed by atoms with van der Waals surface area (Å²) in [4.78, 5) is 7.62. The van der Waals surface area contributed by atoms with Crippen molar-refractivity contribution in [3.63, 3.8) is 0 Å². The molecule has 1 rings (SSSR count). The largest absolute Gasteiger partial charge is 0.364 e. The Balaban J connectivity index is 2.76. The molecule has 0 aliphatic rings. The summed E-state index contributed by atoms with van der Waals surface area (Å²) in [5.74, 6) is 5.93. The molecule has 0 fully saturated rings. The molecule has 0 saturated carbocycles. The predicted octanol–water partition coefficient (Wildman–Crippen LogP) is 0.748. The van der Waals surface area contributed by atoms with Gasteiger partial charge in [-0.25, -0.2) is 24.6 Å². The fourth-order valence-electron chi connectivity index (χ4n) is 0.948. The first kappa shape index (κ1) is 10.6. The molecule has 0 amide bonds. The second-order valence-corrected chi connectivity index (χ2v) is 2.61. The minimum absolute atomic E-state index is 0.355. The quantitative estimate of drug-likeness (QED) is 0.497. The molecule has 0 aromatic carbocycles. The van der Waals surface area contributed by atoms with E-state index in [1.165, 1.54) is 6.33 Å². The zero-order valence-electron chi connectivity index (χ0n) is 7.59. The second kappa shape index (κ2) is 4.66. The summed E-state index contributed by atoms with van der Waals surface area (Å²) in [6.45, 7) is 1.24. The molecule has 4 N–H and O–H groups in total. The minimum Gasteiger partial charge on any atom is -0.364 e. The van der Waals surface area contributed by atoms with Crippen molar-refractivity contribution in [1.29, 1.82) is 0 Å². The molecule has 78 valence electrons. The summed E-state index contributed by atoms with van der Waals surface area (Å²) < 4.78 is 23.8. The van der Waals surface area contributed by atoms with Crippen LogP contribution in [0.25, 0.3) is 0 Å². The van der Waals surface area contributed by atoms with Crippen molar-refractivity contribution < 1.29 is 8.78 Å². The SMILES string of the molecule is Cc1c(NN)ncnc1NCC(F)F. The lowest BCUT2D eigenvalue weighted by atomic mass is 10.3. The number of nitrogen functional groups attached to an aromatic ring is 1. The zero-order valence-corrected chi connectivity index (χ0v) is 7.59. The van der Waals surface area contributed by atoms with Crippen LogP contribution in [0.1, 0.15) is 5.56 Å². The minimum atomic E-state index is -2.42. The smallest absolute Gasteiger partial charge is 0.255 e. The number of hydrogen-bond donors (Lipinski definition) is 3. The van der Waals surface area contributed by atoms with E-state index in [1.807, 2.05) is 0 Å². The highest BCUT2D eigenvalue weighted by Crippen LogP contribution is 2.16. The average molecular weight is 203 g/mol. The Kier molecular flexibility index (Phi) is 3.52. The van der Waals surface area contributed by atoms with Gasteiger partial charge < -0.3 is 10.7 Å². The highest BCUT2D eigenvalue weighted by molar-refractivity contribution is 5.55. The Bertz CT molecular complexity index is 304. The molecule has 0 aliphatic carbocycles. The van der Waals surface area contributed by atoms with Crippen LogP contribution in [0.3, 0.4) is 0 Å². The molecule has 1 aromatic heterocycles. The van der Waals surface area contributed by atoms with Gasteiger partial charge in [0.25, 0.3) is 6.43 Å². The van der Waals surface area contributed by atoms with Crippen molar-refractivity contribution in [2.75, 3.05) is 17.3 Å². The molecule has 0 saturated heterocycles. The lowest BCUT2D eigenvalue weighted by molar-refractivity contribution is 0.163. The molecule has 0 unspecified atom stereocenters. The molecule has 5 nitrogen and oxygen atoms in total. The zero-order chi connectivity index (χ0) is 10.6. The molecular weight excluding hydrogens is 192 g/mol. The average Bonchev–Trinajstić information content (AvgIpc) is 2.16. The summed E-state index contributed by atoms with van der Waals surface area (Å²) in [6.07, 6.45) is -1.17. The number of nitrogens with two attached hydrogens (primary N) is 1. The van der Waals surface area contributed by atoms with Crippen LogP contribution in [0, 0.1) is 6.92 Å². The predicted molar refractivity (Wildman–Crippen MR) is 49.1 cm³/mol. The van der Waals surface area contributed by atoms with Crippen LogP contribution in [-0.4, -0.2) is 22.9 Å². The molecule has 1 heterocycles. The maximum absolute atomic E-state index is 11.9. The van der Waals surface area contributed by atoms with Gasteiger partial charge in [-0.15, -0.1) is 0 Å². The summed E-state index contributed by atoms with van der Waals surface area (Å²) >= 11 is 0. The third-order valence-electron chi connectivity index (χ3n) is 1.64. The van der Waals surface area contributed by atoms with Gasteiger partial charge in [-0.3, -0.25) is 0 Å². The van der Waals surface area contributed by atoms with E-state index < -0.39 is 13.0 Å². The number of halogens is 2. The van der Waals surface area contributed by atoms with Crippen LogP contribution in [-0.2, 0) is 0 Å². The lowest BCUT2D eigenvalue weighted by Crippen LogP contribution is -2.15. The number of alkyl halides is 2. The first-order valence-electron chi connectivity index (χ1n) is 3.95. The van der Waals surface area contributed by atoms with Crippen molar-refractivity contribution in [3.8, 4) is 0 Å². The van der Waals surface area contributed by atoms with E-state index in [-0.39, 0.29) is 0 Å². The van der Waals surface area contributed by atoms with Gasteiger partial charge in [0, 0.05) is 5.56 Å². The maximum atomic E-state index is 11.9. The van der Waals surface area contributed by atoms with Crippen LogP contribution in [0.15, 0.2) is 6.33 Å². The molecule has 0 atom stereocenters. The van der Waals surface area contributed by atoms with Gasteiger partial charge in [-0.05, 0) is 6.92 Å². The molecular formula is C7H11F2N5. The van der Waals surface area contributed by atoms with Crippen LogP contribution in [0.2, 0.25) is 0 Å². The van der Waals surface area contributed by atoms with E-state index in [0.717, 1.165) is 0 Å². The molecule has 7 heteroatoms. The first-order valence-corrected chi connectivity index (χ1v) is 3.95. The normalized spacial score (nSPS) is 10.4. The summed E-state index contributed by atoms with van der Waals surface area (Å²) in [5.41, 5.74) is 2.95. The topological polar surface area (TPSA) is 75.9 Å². The van der Waals surface area contributed by atoms with Gasteiger partial charge in [0.2, 0.25) is 0 Å². The number of nitrogens with one attached hydrogen (secondary N) is 2. The maximum Gasteiger partial charge on any atom is 0.255 e. The number of rotatable bonds is 4. The molecule has 0 aliphatic heterocycles. The van der Waals surface area contributed by atoms with Crippen LogP contribution < -0.4 is 16.6 Å². The van der Waals surface area contributed by atoms with Crippen LogP contribution in [0.4, 0.5) is 20.4 Å². The number of anilines is 2. The molecule has 14 heavy (non-hydrogen) atoms. The van der Waals surface area contributed by atoms with E-state index in [2.05, 4.69) is 20.7 Å². The number of nitrogens with zero attached hydrogens (tertiary/aromatic N) is 2. The lowest BCUT2D eigenvalue weighted by Gasteiger charge is -2.09. The number of hydrazine groups is 1. The van der Waals surface area contributed by atoms with Crippen molar-refractivity contribution in [3.05, 3.63) is 11.9 Å². The van der Waals surface area contributed by atoms with Gasteiger partial charge >= 0.3 is 0 Å². The molecule has 1 aromatic rings. The number of aromatic nitrogens is 2. The van der Waals surface area contributed by atoms with Crippen molar-refractivity contribution in [1.82, 2.24) is 9.97 Å². The summed E-state index contributed by atoms with van der Waals surface area (Å²) in [6, 6.07) is 0. The van der Waals surface area contributed by atoms with Crippen molar-refractivity contribution in [2.45, 2.75) is 13.3 Å². The van der Waals surface area contributed by atoms with E-state index in [1.54, 1.807) is 6.92 Å². The Morgan fingerprint density at radius 3 is 2.64 bits per heavy atom. The fraction of sp³-hybridized carbons (Fsp3) is 0.429. The third-order valence-corrected chi connectivity index (χ3v) is 1.64. The monoisotopic (exact) mass is 203 g/mol. The van der Waals surface area contributed by atoms with E-state index in [4.69, 9.17) is 5.84 Å². The van der Waals surface area contributed by atoms with Crippen LogP contribution in [0.5, 0.6) is 0 Å². The Labute approximate surface area is 79.7 Å². The highest BCUT2D eigenvalue weighted by atomic mass is 19.3. The summed E-state index contributed by atoms with van der Waals surface area (Å²) in [7, 11) is 0. The standard InChI is InChI=1S/C7H11F2N5/c1-4-6(11-2-5(8)9)12-3-13-7(4)14-10/h3,5H,2,10H2,1H3,(H2,11,12,13,14). The van der Waals surface area contributed by atoms with E-state index >= 15 is 0 Å². The Morgan fingerprint density at radius 1 is 1.43 bits per heavy atom. The van der Waals surface area contributed by atoms with Crippen molar-refractivity contribution in [2.24, 2.45) is 5.84 Å². The fourth-order valence-corrected chi connectivity index (χ4v) is 0.948. The van der Waals surface area contributed by atoms with Gasteiger partial charge in [0.05, 0.1) is 6.54 Å². The second-order valence-electron chi connectivity index (χ2n) is 2.61. The third kappa shape index (κ3) is 2.49. The van der Waals surface area contributed by atoms with E-state index in [0.29, 0.717) is 17.2 Å². The van der Waals surface area contributed by atoms with Gasteiger partial charge in [-0.2, -0.15) is 0 Å². The Morgan fingerprint density at radius 2 is 2.07 bits per heavy atom. The Hall–Kier alpha value is -1.50.